The number of fused-ring (bicyclic) bond motifs is 1. The first-order valence-corrected chi connectivity index (χ1v) is 15.5. The molecule has 0 atom stereocenters. The van der Waals surface area contributed by atoms with Crippen molar-refractivity contribution in [2.24, 2.45) is 21.1 Å². The lowest BCUT2D eigenvalue weighted by Gasteiger charge is -2.26. The van der Waals surface area contributed by atoms with Crippen LogP contribution in [-0.4, -0.2) is 80.7 Å². The first kappa shape index (κ1) is 31.5. The van der Waals surface area contributed by atoms with E-state index in [4.69, 9.17) is 4.74 Å². The Hall–Kier alpha value is -5.46. The molecule has 0 spiro atoms. The molecular formula is C35H38N8O4. The number of ether oxygens (including phenoxy) is 1. The van der Waals surface area contributed by atoms with Crippen LogP contribution in [0.2, 0.25) is 0 Å². The molecule has 0 bridgehead atoms. The van der Waals surface area contributed by atoms with Gasteiger partial charge in [-0.2, -0.15) is 0 Å². The largest absolute Gasteiger partial charge is 0.379 e. The van der Waals surface area contributed by atoms with Gasteiger partial charge in [0.2, 0.25) is 0 Å². The summed E-state index contributed by atoms with van der Waals surface area (Å²) in [5.41, 5.74) is 4.82. The fourth-order valence-corrected chi connectivity index (χ4v) is 5.61. The van der Waals surface area contributed by atoms with Gasteiger partial charge in [-0.05, 0) is 42.0 Å². The minimum Gasteiger partial charge on any atom is -0.379 e. The number of rotatable bonds is 10. The highest BCUT2D eigenvalue weighted by Gasteiger charge is 2.19. The molecule has 5 aromatic rings. The molecule has 3 N–H and O–H groups in total. The number of carbonyl (C=O) groups excluding carboxylic acids is 3. The lowest BCUT2D eigenvalue weighted by molar-refractivity contribution is 0.0383. The molecule has 0 aliphatic carbocycles. The van der Waals surface area contributed by atoms with Gasteiger partial charge in [-0.1, -0.05) is 30.3 Å². The van der Waals surface area contributed by atoms with E-state index in [2.05, 4.69) is 25.8 Å². The van der Waals surface area contributed by atoms with Gasteiger partial charge in [0.1, 0.15) is 17.1 Å². The Morgan fingerprint density at radius 3 is 2.09 bits per heavy atom. The van der Waals surface area contributed by atoms with Gasteiger partial charge in [0.25, 0.3) is 17.7 Å². The second kappa shape index (κ2) is 13.9. The number of carbonyl (C=O) groups is 3. The molecule has 12 heteroatoms. The van der Waals surface area contributed by atoms with Gasteiger partial charge in [0, 0.05) is 71.3 Å². The Morgan fingerprint density at radius 1 is 0.766 bits per heavy atom. The maximum Gasteiger partial charge on any atom is 0.272 e. The van der Waals surface area contributed by atoms with Crippen LogP contribution in [0.25, 0.3) is 23.1 Å². The molecule has 6 rings (SSSR count). The summed E-state index contributed by atoms with van der Waals surface area (Å²) in [6.45, 7) is 4.41. The van der Waals surface area contributed by atoms with Crippen LogP contribution in [0.1, 0.15) is 42.7 Å². The highest BCUT2D eigenvalue weighted by Crippen LogP contribution is 2.20. The lowest BCUT2D eigenvalue weighted by atomic mass is 10.2. The normalized spacial score (nSPS) is 13.7. The summed E-state index contributed by atoms with van der Waals surface area (Å²) in [6.07, 6.45) is 9.08. The molecule has 1 fully saturated rings. The molecule has 5 heterocycles. The average Bonchev–Trinajstić information content (AvgIpc) is 3.75. The highest BCUT2D eigenvalue weighted by molar-refractivity contribution is 6.07. The molecule has 242 valence electrons. The van der Waals surface area contributed by atoms with E-state index in [9.17, 15) is 14.4 Å². The maximum absolute atomic E-state index is 13.2. The summed E-state index contributed by atoms with van der Waals surface area (Å²) >= 11 is 0. The van der Waals surface area contributed by atoms with Gasteiger partial charge in [0.15, 0.2) is 0 Å². The standard InChI is InChI=1S/C35H38N8O4/c1-40-21-24(8-10-26-11-9-25-6-4-5-7-29(25)37-26)18-30(40)34(45)38-28-20-32(42(3)23-28)35(46)39-27-19-31(41(2)22-27)33(44)36-12-13-43-14-16-47-17-15-43/h4-11,18-23H,12-17H2,1-3H3,(H,36,44)(H,38,45)(H,39,46)/b10-8+. The molecule has 1 aromatic carbocycles. The Kier molecular flexibility index (Phi) is 9.32. The zero-order valence-corrected chi connectivity index (χ0v) is 26.7. The number of hydrogen-bond acceptors (Lipinski definition) is 6. The number of hydrogen-bond donors (Lipinski definition) is 3. The van der Waals surface area contributed by atoms with E-state index in [1.807, 2.05) is 61.8 Å². The molecule has 0 radical (unpaired) electrons. The van der Waals surface area contributed by atoms with Crippen LogP contribution >= 0.6 is 0 Å². The summed E-state index contributed by atoms with van der Waals surface area (Å²) in [4.78, 5) is 46.1. The van der Waals surface area contributed by atoms with Crippen molar-refractivity contribution in [3.63, 3.8) is 0 Å². The van der Waals surface area contributed by atoms with Crippen LogP contribution in [0.5, 0.6) is 0 Å². The van der Waals surface area contributed by atoms with Crippen molar-refractivity contribution in [2.75, 3.05) is 50.0 Å². The van der Waals surface area contributed by atoms with E-state index < -0.39 is 0 Å². The molecule has 12 nitrogen and oxygen atoms in total. The molecule has 4 aromatic heterocycles. The number of morpholine rings is 1. The highest BCUT2D eigenvalue weighted by atomic mass is 16.5. The summed E-state index contributed by atoms with van der Waals surface area (Å²) in [5.74, 6) is -0.887. The number of anilines is 2. The second-order valence-corrected chi connectivity index (χ2v) is 11.6. The first-order chi connectivity index (χ1) is 22.7. The molecule has 0 saturated carbocycles. The van der Waals surface area contributed by atoms with E-state index in [1.165, 1.54) is 0 Å². The number of pyridine rings is 1. The monoisotopic (exact) mass is 634 g/mol. The van der Waals surface area contributed by atoms with Crippen LogP contribution < -0.4 is 16.0 Å². The number of nitrogens with zero attached hydrogens (tertiary/aromatic N) is 5. The summed E-state index contributed by atoms with van der Waals surface area (Å²) in [5, 5.41) is 9.78. The maximum atomic E-state index is 13.2. The Bertz CT molecular complexity index is 1960. The SMILES string of the molecule is Cn1cc(NC(=O)c2cc(NC(=O)c3cc(/C=C/c4ccc5ccccc5n4)cn3C)cn2C)cc1C(=O)NCCN1CCOCC1. The van der Waals surface area contributed by atoms with Crippen molar-refractivity contribution >= 4 is 52.2 Å². The quantitative estimate of drug-likeness (QED) is 0.213. The second-order valence-electron chi connectivity index (χ2n) is 11.6. The average molecular weight is 635 g/mol. The summed E-state index contributed by atoms with van der Waals surface area (Å²) in [7, 11) is 5.30. The van der Waals surface area contributed by atoms with Gasteiger partial charge in [0.05, 0.1) is 35.8 Å². The first-order valence-electron chi connectivity index (χ1n) is 15.5. The molecule has 3 amide bonds. The minimum atomic E-state index is -0.369. The Morgan fingerprint density at radius 2 is 1.38 bits per heavy atom. The van der Waals surface area contributed by atoms with Gasteiger partial charge in [-0.15, -0.1) is 0 Å². The number of para-hydroxylation sites is 1. The molecule has 1 aliphatic heterocycles. The van der Waals surface area contributed by atoms with E-state index in [0.29, 0.717) is 48.2 Å². The number of benzene rings is 1. The third-order valence-corrected chi connectivity index (χ3v) is 8.13. The van der Waals surface area contributed by atoms with E-state index >= 15 is 0 Å². The predicted molar refractivity (Wildman–Crippen MR) is 182 cm³/mol. The van der Waals surface area contributed by atoms with Crippen LogP contribution in [-0.2, 0) is 25.9 Å². The number of amides is 3. The third-order valence-electron chi connectivity index (χ3n) is 8.13. The smallest absolute Gasteiger partial charge is 0.272 e. The Labute approximate surface area is 272 Å². The van der Waals surface area contributed by atoms with Crippen molar-refractivity contribution in [2.45, 2.75) is 0 Å². The van der Waals surface area contributed by atoms with Gasteiger partial charge in [-0.3, -0.25) is 19.3 Å². The van der Waals surface area contributed by atoms with E-state index in [1.54, 1.807) is 58.4 Å². The van der Waals surface area contributed by atoms with Gasteiger partial charge in [-0.25, -0.2) is 4.98 Å². The van der Waals surface area contributed by atoms with E-state index in [0.717, 1.165) is 41.8 Å². The lowest BCUT2D eigenvalue weighted by Crippen LogP contribution is -2.41. The van der Waals surface area contributed by atoms with Gasteiger partial charge >= 0.3 is 0 Å². The summed E-state index contributed by atoms with van der Waals surface area (Å²) in [6, 6.07) is 17.0. The molecular weight excluding hydrogens is 596 g/mol. The fraction of sp³-hybridized carbons (Fsp3) is 0.257. The molecule has 47 heavy (non-hydrogen) atoms. The number of aromatic nitrogens is 4. The fourth-order valence-electron chi connectivity index (χ4n) is 5.61. The van der Waals surface area contributed by atoms with E-state index in [-0.39, 0.29) is 17.7 Å². The van der Waals surface area contributed by atoms with Gasteiger partial charge < -0.3 is 34.4 Å². The number of nitrogens with one attached hydrogen (secondary N) is 3. The predicted octanol–water partition coefficient (Wildman–Crippen LogP) is 3.99. The topological polar surface area (TPSA) is 127 Å². The molecule has 1 aliphatic rings. The van der Waals surface area contributed by atoms with Crippen molar-refractivity contribution in [3.8, 4) is 0 Å². The van der Waals surface area contributed by atoms with Crippen LogP contribution in [0.3, 0.4) is 0 Å². The van der Waals surface area contributed by atoms with Crippen molar-refractivity contribution in [3.05, 3.63) is 102 Å². The summed E-state index contributed by atoms with van der Waals surface area (Å²) < 4.78 is 10.4. The minimum absolute atomic E-state index is 0.213. The molecule has 0 unspecified atom stereocenters. The number of aryl methyl sites for hydroxylation is 3. The van der Waals surface area contributed by atoms with Crippen molar-refractivity contribution < 1.29 is 19.1 Å². The molecule has 1 saturated heterocycles. The van der Waals surface area contributed by atoms with Crippen molar-refractivity contribution in [1.82, 2.24) is 28.9 Å². The zero-order chi connectivity index (χ0) is 32.9. The third kappa shape index (κ3) is 7.51. The van der Waals surface area contributed by atoms with Crippen molar-refractivity contribution in [1.29, 1.82) is 0 Å². The Balaban J connectivity index is 1.05. The van der Waals surface area contributed by atoms with Crippen LogP contribution in [0, 0.1) is 0 Å². The van der Waals surface area contributed by atoms with Crippen LogP contribution in [0.15, 0.2) is 73.2 Å². The van der Waals surface area contributed by atoms with Crippen LogP contribution in [0.4, 0.5) is 11.4 Å². The zero-order valence-electron chi connectivity index (χ0n) is 26.7.